The number of nitrogens with one attached hydrogen (secondary N) is 1. The zero-order chi connectivity index (χ0) is 25.3. The van der Waals surface area contributed by atoms with Gasteiger partial charge in [-0.1, -0.05) is 30.3 Å². The number of aromatic nitrogens is 5. The molecule has 2 aromatic heterocycles. The van der Waals surface area contributed by atoms with Crippen molar-refractivity contribution in [2.45, 2.75) is 38.9 Å². The normalized spacial score (nSPS) is 16.3. The molecule has 9 nitrogen and oxygen atoms in total. The second-order valence-electron chi connectivity index (χ2n) is 10.3. The van der Waals surface area contributed by atoms with Crippen molar-refractivity contribution in [1.82, 2.24) is 35.0 Å². The van der Waals surface area contributed by atoms with E-state index in [9.17, 15) is 4.79 Å². The number of H-pyrrole nitrogens is 1. The average Bonchev–Trinajstić information content (AvgIpc) is 3.36. The summed E-state index contributed by atoms with van der Waals surface area (Å²) in [6.07, 6.45) is 0. The molecule has 0 saturated carbocycles. The maximum Gasteiger partial charge on any atom is 0.253 e. The standard InChI is InChI=1S/C27H33N7O2/c1-27(2,3)34-25(29-30-31-34)24(22-16-20-10-11-21(36-4)17-23(20)28-26(22)35)33-14-12-32(13-15-33)18-19-8-6-5-7-9-19/h5-11,16-17,24H,12-15,18H2,1-4H3,(H,28,35)/t24-/m1/s1. The average molecular weight is 488 g/mol. The zero-order valence-electron chi connectivity index (χ0n) is 21.3. The highest BCUT2D eigenvalue weighted by atomic mass is 16.5. The summed E-state index contributed by atoms with van der Waals surface area (Å²) in [5, 5.41) is 13.7. The molecular weight excluding hydrogens is 454 g/mol. The van der Waals surface area contributed by atoms with E-state index in [1.54, 1.807) is 7.11 Å². The predicted molar refractivity (Wildman–Crippen MR) is 139 cm³/mol. The highest BCUT2D eigenvalue weighted by Crippen LogP contribution is 2.30. The van der Waals surface area contributed by atoms with Crippen LogP contribution in [0.4, 0.5) is 0 Å². The summed E-state index contributed by atoms with van der Waals surface area (Å²) in [7, 11) is 1.62. The molecule has 0 unspecified atom stereocenters. The van der Waals surface area contributed by atoms with E-state index in [0.29, 0.717) is 17.1 Å². The fourth-order valence-corrected chi connectivity index (χ4v) is 4.89. The molecule has 0 radical (unpaired) electrons. The first kappa shape index (κ1) is 24.1. The van der Waals surface area contributed by atoms with Gasteiger partial charge in [0.25, 0.3) is 5.56 Å². The van der Waals surface area contributed by atoms with Gasteiger partial charge in [0, 0.05) is 44.4 Å². The van der Waals surface area contributed by atoms with Gasteiger partial charge < -0.3 is 9.72 Å². The van der Waals surface area contributed by atoms with E-state index in [1.165, 1.54) is 5.56 Å². The van der Waals surface area contributed by atoms with Crippen LogP contribution in [0, 0.1) is 0 Å². The number of piperazine rings is 1. The van der Waals surface area contributed by atoms with Gasteiger partial charge in [-0.2, -0.15) is 0 Å². The van der Waals surface area contributed by atoms with Gasteiger partial charge in [0.05, 0.1) is 18.2 Å². The Bertz CT molecular complexity index is 1380. The Morgan fingerprint density at radius 1 is 1.03 bits per heavy atom. The number of hydrogen-bond donors (Lipinski definition) is 1. The summed E-state index contributed by atoms with van der Waals surface area (Å²) in [5.41, 5.74) is 2.22. The smallest absolute Gasteiger partial charge is 0.253 e. The highest BCUT2D eigenvalue weighted by molar-refractivity contribution is 5.80. The minimum Gasteiger partial charge on any atom is -0.497 e. The Labute approximate surface area is 210 Å². The van der Waals surface area contributed by atoms with Crippen molar-refractivity contribution in [1.29, 1.82) is 0 Å². The van der Waals surface area contributed by atoms with Crippen molar-refractivity contribution in [2.24, 2.45) is 0 Å². The molecule has 1 N–H and O–H groups in total. The molecule has 1 atom stereocenters. The van der Waals surface area contributed by atoms with Crippen molar-refractivity contribution < 1.29 is 4.74 Å². The van der Waals surface area contributed by atoms with Gasteiger partial charge in [-0.15, -0.1) is 5.10 Å². The summed E-state index contributed by atoms with van der Waals surface area (Å²) in [6, 6.07) is 17.8. The van der Waals surface area contributed by atoms with Gasteiger partial charge in [0.2, 0.25) is 0 Å². The van der Waals surface area contributed by atoms with Crippen molar-refractivity contribution in [3.8, 4) is 5.75 Å². The number of hydrogen-bond acceptors (Lipinski definition) is 7. The predicted octanol–water partition coefficient (Wildman–Crippen LogP) is 3.19. The van der Waals surface area contributed by atoms with Gasteiger partial charge in [-0.05, 0) is 60.3 Å². The largest absolute Gasteiger partial charge is 0.497 e. The summed E-state index contributed by atoms with van der Waals surface area (Å²) >= 11 is 0. The Morgan fingerprint density at radius 2 is 1.78 bits per heavy atom. The molecule has 2 aromatic carbocycles. The molecule has 4 aromatic rings. The van der Waals surface area contributed by atoms with Crippen LogP contribution < -0.4 is 10.3 Å². The number of pyridine rings is 1. The van der Waals surface area contributed by atoms with Crippen LogP contribution in [0.15, 0.2) is 59.4 Å². The quantitative estimate of drug-likeness (QED) is 0.447. The molecule has 188 valence electrons. The van der Waals surface area contributed by atoms with Crippen molar-refractivity contribution >= 4 is 10.9 Å². The van der Waals surface area contributed by atoms with E-state index >= 15 is 0 Å². The molecule has 36 heavy (non-hydrogen) atoms. The van der Waals surface area contributed by atoms with Gasteiger partial charge in [0.1, 0.15) is 11.8 Å². The van der Waals surface area contributed by atoms with Crippen LogP contribution in [-0.2, 0) is 12.1 Å². The molecule has 0 amide bonds. The SMILES string of the molecule is COc1ccc2cc([C@H](c3nnnn3C(C)(C)C)N3CCN(Cc4ccccc4)CC3)c(=O)[nH]c2c1. The van der Waals surface area contributed by atoms with Crippen LogP contribution >= 0.6 is 0 Å². The van der Waals surface area contributed by atoms with Crippen LogP contribution in [0.25, 0.3) is 10.9 Å². The van der Waals surface area contributed by atoms with Crippen LogP contribution in [0.5, 0.6) is 5.75 Å². The number of aromatic amines is 1. The van der Waals surface area contributed by atoms with E-state index in [-0.39, 0.29) is 17.1 Å². The molecule has 0 aliphatic carbocycles. The number of methoxy groups -OCH3 is 1. The lowest BCUT2D eigenvalue weighted by Crippen LogP contribution is -2.49. The monoisotopic (exact) mass is 487 g/mol. The summed E-state index contributed by atoms with van der Waals surface area (Å²) in [4.78, 5) is 21.3. The lowest BCUT2D eigenvalue weighted by molar-refractivity contribution is 0.0975. The number of fused-ring (bicyclic) bond motifs is 1. The Morgan fingerprint density at radius 3 is 2.47 bits per heavy atom. The number of nitrogens with zero attached hydrogens (tertiary/aromatic N) is 6. The summed E-state index contributed by atoms with van der Waals surface area (Å²) in [5.74, 6) is 1.38. The fraction of sp³-hybridized carbons (Fsp3) is 0.407. The van der Waals surface area contributed by atoms with Gasteiger partial charge >= 0.3 is 0 Å². The van der Waals surface area contributed by atoms with Crippen LogP contribution in [0.2, 0.25) is 0 Å². The number of tetrazole rings is 1. The van der Waals surface area contributed by atoms with E-state index in [2.05, 4.69) is 75.3 Å². The van der Waals surface area contributed by atoms with Crippen LogP contribution in [-0.4, -0.2) is 68.3 Å². The minimum atomic E-state index is -0.367. The first-order chi connectivity index (χ1) is 17.3. The first-order valence-electron chi connectivity index (χ1n) is 12.3. The third-order valence-corrected chi connectivity index (χ3v) is 6.77. The van der Waals surface area contributed by atoms with E-state index in [4.69, 9.17) is 4.74 Å². The first-order valence-corrected chi connectivity index (χ1v) is 12.3. The molecule has 3 heterocycles. The molecule has 1 aliphatic heterocycles. The lowest BCUT2D eigenvalue weighted by atomic mass is 10.0. The Balaban J connectivity index is 1.51. The van der Waals surface area contributed by atoms with Crippen LogP contribution in [0.3, 0.4) is 0 Å². The van der Waals surface area contributed by atoms with E-state index < -0.39 is 0 Å². The number of ether oxygens (including phenoxy) is 1. The van der Waals surface area contributed by atoms with Crippen molar-refractivity contribution in [3.05, 3.63) is 81.9 Å². The van der Waals surface area contributed by atoms with E-state index in [1.807, 2.05) is 35.0 Å². The Kier molecular flexibility index (Phi) is 6.59. The maximum atomic E-state index is 13.5. The third-order valence-electron chi connectivity index (χ3n) is 6.77. The summed E-state index contributed by atoms with van der Waals surface area (Å²) < 4.78 is 7.17. The number of benzene rings is 2. The molecule has 0 spiro atoms. The zero-order valence-corrected chi connectivity index (χ0v) is 21.3. The Hall–Kier alpha value is -3.56. The molecule has 5 rings (SSSR count). The lowest BCUT2D eigenvalue weighted by Gasteiger charge is -2.39. The van der Waals surface area contributed by atoms with Crippen molar-refractivity contribution in [3.63, 3.8) is 0 Å². The summed E-state index contributed by atoms with van der Waals surface area (Å²) in [6.45, 7) is 10.5. The molecule has 1 fully saturated rings. The number of rotatable bonds is 6. The van der Waals surface area contributed by atoms with Gasteiger partial charge in [0.15, 0.2) is 5.82 Å². The van der Waals surface area contributed by atoms with Gasteiger partial charge in [-0.25, -0.2) is 4.68 Å². The third kappa shape index (κ3) is 4.89. The molecule has 9 heteroatoms. The second-order valence-corrected chi connectivity index (χ2v) is 10.3. The second kappa shape index (κ2) is 9.83. The van der Waals surface area contributed by atoms with Gasteiger partial charge in [-0.3, -0.25) is 14.6 Å². The fourth-order valence-electron chi connectivity index (χ4n) is 4.89. The van der Waals surface area contributed by atoms with E-state index in [0.717, 1.165) is 43.6 Å². The van der Waals surface area contributed by atoms with Crippen molar-refractivity contribution in [2.75, 3.05) is 33.3 Å². The molecule has 1 aliphatic rings. The minimum absolute atomic E-state index is 0.143. The molecular formula is C27H33N7O2. The van der Waals surface area contributed by atoms with Crippen LogP contribution in [0.1, 0.15) is 43.8 Å². The molecule has 0 bridgehead atoms. The molecule has 1 saturated heterocycles. The topological polar surface area (TPSA) is 92.2 Å². The maximum absolute atomic E-state index is 13.5. The highest BCUT2D eigenvalue weighted by Gasteiger charge is 2.34.